The number of urea groups is 1. The summed E-state index contributed by atoms with van der Waals surface area (Å²) in [5, 5.41) is 13.7. The Hall–Kier alpha value is -2.11. The van der Waals surface area contributed by atoms with E-state index in [1.54, 1.807) is 18.2 Å². The second kappa shape index (κ2) is 6.47. The minimum Gasteiger partial charge on any atom is -0.480 e. The number of aliphatic carboxylic acids is 1. The van der Waals surface area contributed by atoms with Gasteiger partial charge in [0.05, 0.1) is 0 Å². The van der Waals surface area contributed by atoms with Crippen LogP contribution in [-0.4, -0.2) is 28.1 Å². The third kappa shape index (κ3) is 4.50. The number of carbonyl (C=O) groups is 2. The van der Waals surface area contributed by atoms with Crippen molar-refractivity contribution < 1.29 is 14.7 Å². The fraction of sp³-hybridized carbons (Fsp3) is 0.364. The molecule has 1 rings (SSSR count). The highest BCUT2D eigenvalue weighted by molar-refractivity contribution is 5.91. The Morgan fingerprint density at radius 1 is 1.47 bits per heavy atom. The second-order valence-corrected chi connectivity index (χ2v) is 3.49. The van der Waals surface area contributed by atoms with E-state index in [1.165, 1.54) is 6.20 Å². The predicted octanol–water partition coefficient (Wildman–Crippen LogP) is 1.46. The van der Waals surface area contributed by atoms with Crippen LogP contribution >= 0.6 is 0 Å². The lowest BCUT2D eigenvalue weighted by Crippen LogP contribution is -2.42. The van der Waals surface area contributed by atoms with Crippen LogP contribution in [0.5, 0.6) is 0 Å². The van der Waals surface area contributed by atoms with Gasteiger partial charge in [-0.05, 0) is 18.6 Å². The molecule has 0 unspecified atom stereocenters. The number of carbonyl (C=O) groups excluding carboxylic acids is 1. The predicted molar refractivity (Wildman–Crippen MR) is 62.7 cm³/mol. The number of nitrogens with zero attached hydrogens (tertiary/aromatic N) is 1. The number of aromatic nitrogens is 1. The first-order valence-electron chi connectivity index (χ1n) is 5.35. The highest BCUT2D eigenvalue weighted by Gasteiger charge is 2.18. The molecule has 1 aromatic rings. The summed E-state index contributed by atoms with van der Waals surface area (Å²) in [5.74, 6) is -0.659. The molecule has 0 saturated carbocycles. The SMILES string of the molecule is CCC[C@@H](NC(=O)Nc1ccccn1)C(=O)O. The number of anilines is 1. The van der Waals surface area contributed by atoms with Gasteiger partial charge in [0, 0.05) is 6.20 Å². The van der Waals surface area contributed by atoms with Crippen molar-refractivity contribution in [1.29, 1.82) is 0 Å². The summed E-state index contributed by atoms with van der Waals surface area (Å²) in [4.78, 5) is 26.2. The van der Waals surface area contributed by atoms with Gasteiger partial charge in [0.15, 0.2) is 0 Å². The monoisotopic (exact) mass is 237 g/mol. The van der Waals surface area contributed by atoms with Crippen molar-refractivity contribution in [3.8, 4) is 0 Å². The molecule has 0 aliphatic carbocycles. The zero-order valence-electron chi connectivity index (χ0n) is 9.51. The molecular weight excluding hydrogens is 222 g/mol. The van der Waals surface area contributed by atoms with E-state index in [0.29, 0.717) is 18.7 Å². The second-order valence-electron chi connectivity index (χ2n) is 3.49. The first kappa shape index (κ1) is 13.0. The van der Waals surface area contributed by atoms with Crippen LogP contribution in [0.1, 0.15) is 19.8 Å². The summed E-state index contributed by atoms with van der Waals surface area (Å²) in [6.07, 6.45) is 2.61. The van der Waals surface area contributed by atoms with E-state index >= 15 is 0 Å². The quantitative estimate of drug-likeness (QED) is 0.722. The Morgan fingerprint density at radius 2 is 2.24 bits per heavy atom. The van der Waals surface area contributed by atoms with Gasteiger partial charge < -0.3 is 10.4 Å². The fourth-order valence-corrected chi connectivity index (χ4v) is 1.29. The van der Waals surface area contributed by atoms with Gasteiger partial charge in [-0.25, -0.2) is 14.6 Å². The lowest BCUT2D eigenvalue weighted by atomic mass is 10.2. The smallest absolute Gasteiger partial charge is 0.326 e. The number of rotatable bonds is 5. The van der Waals surface area contributed by atoms with Crippen LogP contribution in [-0.2, 0) is 4.79 Å². The van der Waals surface area contributed by atoms with Crippen LogP contribution in [0, 0.1) is 0 Å². The maximum atomic E-state index is 11.5. The molecule has 0 spiro atoms. The molecule has 6 nitrogen and oxygen atoms in total. The van der Waals surface area contributed by atoms with Gasteiger partial charge in [-0.3, -0.25) is 5.32 Å². The Labute approximate surface area is 99.1 Å². The van der Waals surface area contributed by atoms with E-state index in [9.17, 15) is 9.59 Å². The minimum atomic E-state index is -1.04. The van der Waals surface area contributed by atoms with Gasteiger partial charge in [-0.2, -0.15) is 0 Å². The van der Waals surface area contributed by atoms with Gasteiger partial charge >= 0.3 is 12.0 Å². The normalized spacial score (nSPS) is 11.6. The average molecular weight is 237 g/mol. The van der Waals surface area contributed by atoms with E-state index < -0.39 is 18.0 Å². The van der Waals surface area contributed by atoms with Crippen molar-refractivity contribution in [3.05, 3.63) is 24.4 Å². The van der Waals surface area contributed by atoms with E-state index in [2.05, 4.69) is 15.6 Å². The number of carboxylic acid groups (broad SMARTS) is 1. The van der Waals surface area contributed by atoms with Gasteiger partial charge in [0.25, 0.3) is 0 Å². The highest BCUT2D eigenvalue weighted by Crippen LogP contribution is 2.01. The standard InChI is InChI=1S/C11H15N3O3/c1-2-5-8(10(15)16)13-11(17)14-9-6-3-4-7-12-9/h3-4,6-8H,2,5H2,1H3,(H,15,16)(H2,12,13,14,17)/t8-/m1/s1. The summed E-state index contributed by atoms with van der Waals surface area (Å²) in [5.41, 5.74) is 0. The van der Waals surface area contributed by atoms with Crippen LogP contribution in [0.4, 0.5) is 10.6 Å². The molecule has 0 aromatic carbocycles. The number of hydrogen-bond acceptors (Lipinski definition) is 3. The van der Waals surface area contributed by atoms with Crippen LogP contribution in [0.3, 0.4) is 0 Å². The van der Waals surface area contributed by atoms with Gasteiger partial charge in [0.2, 0.25) is 0 Å². The largest absolute Gasteiger partial charge is 0.480 e. The van der Waals surface area contributed by atoms with Crippen molar-refractivity contribution in [2.75, 3.05) is 5.32 Å². The molecule has 0 fully saturated rings. The van der Waals surface area contributed by atoms with E-state index in [-0.39, 0.29) is 0 Å². The third-order valence-electron chi connectivity index (χ3n) is 2.09. The maximum Gasteiger partial charge on any atom is 0.326 e. The topological polar surface area (TPSA) is 91.3 Å². The van der Waals surface area contributed by atoms with Crippen molar-refractivity contribution in [3.63, 3.8) is 0 Å². The molecule has 0 aliphatic heterocycles. The summed E-state index contributed by atoms with van der Waals surface area (Å²) in [6, 6.07) is 3.63. The minimum absolute atomic E-state index is 0.380. The number of amides is 2. The zero-order chi connectivity index (χ0) is 12.7. The molecular formula is C11H15N3O3. The Morgan fingerprint density at radius 3 is 2.76 bits per heavy atom. The molecule has 6 heteroatoms. The first-order chi connectivity index (χ1) is 8.13. The van der Waals surface area contributed by atoms with Crippen molar-refractivity contribution >= 4 is 17.8 Å². The van der Waals surface area contributed by atoms with Crippen molar-refractivity contribution in [2.45, 2.75) is 25.8 Å². The third-order valence-corrected chi connectivity index (χ3v) is 2.09. The molecule has 3 N–H and O–H groups in total. The molecule has 0 saturated heterocycles. The van der Waals surface area contributed by atoms with Gasteiger partial charge in [-0.15, -0.1) is 0 Å². The Kier molecular flexibility index (Phi) is 4.93. The Bertz CT molecular complexity index is 381. The van der Waals surface area contributed by atoms with Crippen molar-refractivity contribution in [1.82, 2.24) is 10.3 Å². The summed E-state index contributed by atoms with van der Waals surface area (Å²) >= 11 is 0. The van der Waals surface area contributed by atoms with E-state index in [0.717, 1.165) is 0 Å². The zero-order valence-corrected chi connectivity index (χ0v) is 9.51. The van der Waals surface area contributed by atoms with Crippen LogP contribution < -0.4 is 10.6 Å². The molecule has 1 heterocycles. The fourth-order valence-electron chi connectivity index (χ4n) is 1.29. The summed E-state index contributed by atoms with van der Waals surface area (Å²) < 4.78 is 0. The molecule has 1 atom stereocenters. The molecule has 0 bridgehead atoms. The van der Waals surface area contributed by atoms with Gasteiger partial charge in [0.1, 0.15) is 11.9 Å². The molecule has 2 amide bonds. The van der Waals surface area contributed by atoms with Crippen LogP contribution in [0.25, 0.3) is 0 Å². The first-order valence-corrected chi connectivity index (χ1v) is 5.35. The lowest BCUT2D eigenvalue weighted by Gasteiger charge is -2.13. The number of carboxylic acids is 1. The number of hydrogen-bond donors (Lipinski definition) is 3. The van der Waals surface area contributed by atoms with E-state index in [1.807, 2.05) is 6.92 Å². The van der Waals surface area contributed by atoms with Gasteiger partial charge in [-0.1, -0.05) is 19.4 Å². The molecule has 17 heavy (non-hydrogen) atoms. The van der Waals surface area contributed by atoms with Crippen molar-refractivity contribution in [2.24, 2.45) is 0 Å². The molecule has 92 valence electrons. The molecule has 1 aromatic heterocycles. The number of nitrogens with one attached hydrogen (secondary N) is 2. The summed E-state index contributed by atoms with van der Waals surface area (Å²) in [7, 11) is 0. The maximum absolute atomic E-state index is 11.5. The van der Waals surface area contributed by atoms with Crippen LogP contribution in [0.2, 0.25) is 0 Å². The lowest BCUT2D eigenvalue weighted by molar-refractivity contribution is -0.139. The summed E-state index contributed by atoms with van der Waals surface area (Å²) in [6.45, 7) is 1.86. The molecule has 0 aliphatic rings. The van der Waals surface area contributed by atoms with E-state index in [4.69, 9.17) is 5.11 Å². The number of pyridine rings is 1. The Balaban J connectivity index is 2.51. The highest BCUT2D eigenvalue weighted by atomic mass is 16.4. The average Bonchev–Trinajstić information content (AvgIpc) is 2.29. The van der Waals surface area contributed by atoms with Crippen LogP contribution in [0.15, 0.2) is 24.4 Å². The molecule has 0 radical (unpaired) electrons.